The van der Waals surface area contributed by atoms with Crippen LogP contribution in [0.4, 0.5) is 10.5 Å². The number of fused-ring (bicyclic) bond motifs is 1. The molecular weight excluding hydrogens is 568 g/mol. The SMILES string of the molecule is O=Nc1ccc(S(=O)(=O)N(CC2CCC(=O)N2)C[C@@H](O)[C@H](Cc2ccccc2)NC(=O)OC2CO[C@H]3OCC[C@@H]23)cc1. The lowest BCUT2D eigenvalue weighted by molar-refractivity contribution is -0.119. The zero-order chi connectivity index (χ0) is 29.7. The number of carbonyl (C=O) groups is 2. The smallest absolute Gasteiger partial charge is 0.407 e. The third-order valence-corrected chi connectivity index (χ3v) is 9.64. The molecule has 226 valence electrons. The van der Waals surface area contributed by atoms with Gasteiger partial charge in [0.15, 0.2) is 6.29 Å². The van der Waals surface area contributed by atoms with Crippen LogP contribution in [0.2, 0.25) is 0 Å². The van der Waals surface area contributed by atoms with Crippen molar-refractivity contribution in [3.63, 3.8) is 0 Å². The van der Waals surface area contributed by atoms with Gasteiger partial charge in [0.1, 0.15) is 11.8 Å². The van der Waals surface area contributed by atoms with Gasteiger partial charge in [-0.25, -0.2) is 13.2 Å². The van der Waals surface area contributed by atoms with Crippen LogP contribution in [0.5, 0.6) is 0 Å². The number of aliphatic hydroxyl groups excluding tert-OH is 1. The van der Waals surface area contributed by atoms with Crippen LogP contribution in [0.1, 0.15) is 24.8 Å². The fourth-order valence-corrected chi connectivity index (χ4v) is 7.02. The lowest BCUT2D eigenvalue weighted by Gasteiger charge is -2.31. The number of ether oxygens (including phenoxy) is 3. The van der Waals surface area contributed by atoms with E-state index < -0.39 is 46.7 Å². The van der Waals surface area contributed by atoms with Gasteiger partial charge < -0.3 is 30.0 Å². The van der Waals surface area contributed by atoms with Crippen molar-refractivity contribution < 1.29 is 37.3 Å². The number of hydrogen-bond acceptors (Lipinski definition) is 10. The molecule has 2 aromatic rings. The Balaban J connectivity index is 1.35. The van der Waals surface area contributed by atoms with Crippen molar-refractivity contribution in [1.82, 2.24) is 14.9 Å². The molecule has 14 heteroatoms. The first-order valence-corrected chi connectivity index (χ1v) is 15.3. The molecular formula is C28H34N4O9S. The van der Waals surface area contributed by atoms with Gasteiger partial charge in [-0.2, -0.15) is 4.31 Å². The largest absolute Gasteiger partial charge is 0.443 e. The molecule has 5 rings (SSSR count). The van der Waals surface area contributed by atoms with E-state index in [9.17, 15) is 28.0 Å². The number of hydrogen-bond donors (Lipinski definition) is 3. The number of sulfonamides is 1. The highest BCUT2D eigenvalue weighted by Gasteiger charge is 2.44. The molecule has 0 spiro atoms. The minimum absolute atomic E-state index is 0.0670. The van der Waals surface area contributed by atoms with Crippen LogP contribution < -0.4 is 10.6 Å². The highest BCUT2D eigenvalue weighted by atomic mass is 32.2. The molecule has 2 amide bonds. The molecule has 0 aromatic heterocycles. The molecule has 13 nitrogen and oxygen atoms in total. The molecule has 2 aromatic carbocycles. The number of rotatable bonds is 12. The summed E-state index contributed by atoms with van der Waals surface area (Å²) in [7, 11) is -4.19. The van der Waals surface area contributed by atoms with Crippen molar-refractivity contribution in [1.29, 1.82) is 0 Å². The van der Waals surface area contributed by atoms with E-state index in [0.29, 0.717) is 19.4 Å². The fraction of sp³-hybridized carbons (Fsp3) is 0.500. The molecule has 3 fully saturated rings. The molecule has 0 aliphatic carbocycles. The maximum absolute atomic E-state index is 13.7. The first kappa shape index (κ1) is 30.0. The van der Waals surface area contributed by atoms with E-state index >= 15 is 0 Å². The van der Waals surface area contributed by atoms with Crippen LogP contribution in [-0.4, -0.2) is 86.7 Å². The van der Waals surface area contributed by atoms with Gasteiger partial charge in [0.05, 0.1) is 36.2 Å². The predicted molar refractivity (Wildman–Crippen MR) is 149 cm³/mol. The summed E-state index contributed by atoms with van der Waals surface area (Å²) < 4.78 is 45.2. The average molecular weight is 603 g/mol. The van der Waals surface area contributed by atoms with Crippen LogP contribution in [0.15, 0.2) is 64.7 Å². The van der Waals surface area contributed by atoms with Gasteiger partial charge in [-0.1, -0.05) is 30.3 Å². The summed E-state index contributed by atoms with van der Waals surface area (Å²) >= 11 is 0. The highest BCUT2D eigenvalue weighted by molar-refractivity contribution is 7.89. The van der Waals surface area contributed by atoms with Crippen LogP contribution >= 0.6 is 0 Å². The monoisotopic (exact) mass is 602 g/mol. The fourth-order valence-electron chi connectivity index (χ4n) is 5.52. The Labute approximate surface area is 243 Å². The molecule has 0 radical (unpaired) electrons. The molecule has 3 aliphatic rings. The second-order valence-corrected chi connectivity index (χ2v) is 12.6. The normalized spacial score (nSPS) is 25.0. The predicted octanol–water partition coefficient (Wildman–Crippen LogP) is 1.81. The van der Waals surface area contributed by atoms with E-state index in [1.165, 1.54) is 24.3 Å². The minimum atomic E-state index is -4.19. The standard InChI is InChI=1S/C28H34N4O9S/c33-24(16-32(15-20-8-11-26(34)29-20)42(37,38)21-9-6-19(31-36)7-10-21)23(14-18-4-2-1-3-5-18)30-28(35)41-25-17-40-27-22(25)12-13-39-27/h1-7,9-10,20,22-25,27,33H,8,11-17H2,(H,29,34)(H,30,35)/t20?,22-,23-,24+,25?,27+/m0/s1. The van der Waals surface area contributed by atoms with Gasteiger partial charge in [-0.15, -0.1) is 4.91 Å². The number of benzene rings is 2. The number of amides is 2. The maximum atomic E-state index is 13.7. The molecule has 6 atom stereocenters. The van der Waals surface area contributed by atoms with E-state index in [-0.39, 0.29) is 54.9 Å². The van der Waals surface area contributed by atoms with E-state index in [1.807, 2.05) is 30.3 Å². The Hall–Kier alpha value is -3.43. The highest BCUT2D eigenvalue weighted by Crippen LogP contribution is 2.33. The summed E-state index contributed by atoms with van der Waals surface area (Å²) in [6.07, 6.45) is -1.42. The zero-order valence-corrected chi connectivity index (χ0v) is 23.6. The number of aliphatic hydroxyl groups is 1. The van der Waals surface area contributed by atoms with Crippen LogP contribution in [0, 0.1) is 10.8 Å². The van der Waals surface area contributed by atoms with E-state index in [2.05, 4.69) is 15.8 Å². The van der Waals surface area contributed by atoms with Crippen molar-refractivity contribution in [2.45, 2.75) is 61.2 Å². The second-order valence-electron chi connectivity index (χ2n) is 10.7. The minimum Gasteiger partial charge on any atom is -0.443 e. The first-order chi connectivity index (χ1) is 20.2. The van der Waals surface area contributed by atoms with Crippen molar-refractivity contribution in [3.05, 3.63) is 65.1 Å². The molecule has 3 aliphatic heterocycles. The maximum Gasteiger partial charge on any atom is 0.407 e. The van der Waals surface area contributed by atoms with Crippen molar-refractivity contribution in [2.24, 2.45) is 11.1 Å². The Bertz CT molecular complexity index is 1360. The van der Waals surface area contributed by atoms with Crippen LogP contribution in [0.25, 0.3) is 0 Å². The summed E-state index contributed by atoms with van der Waals surface area (Å²) in [6, 6.07) is 12.9. The molecule has 3 N–H and O–H groups in total. The van der Waals surface area contributed by atoms with Gasteiger partial charge in [-0.3, -0.25) is 4.79 Å². The Morgan fingerprint density at radius 1 is 1.14 bits per heavy atom. The number of nitroso groups, excluding NO2 is 1. The summed E-state index contributed by atoms with van der Waals surface area (Å²) in [5, 5.41) is 19.8. The van der Waals surface area contributed by atoms with Crippen molar-refractivity contribution in [3.8, 4) is 0 Å². The Kier molecular flexibility index (Phi) is 9.48. The van der Waals surface area contributed by atoms with Crippen LogP contribution in [-0.2, 0) is 35.4 Å². The van der Waals surface area contributed by atoms with E-state index in [0.717, 1.165) is 9.87 Å². The lowest BCUT2D eigenvalue weighted by Crippen LogP contribution is -2.53. The first-order valence-electron chi connectivity index (χ1n) is 13.9. The lowest BCUT2D eigenvalue weighted by atomic mass is 10.0. The quantitative estimate of drug-likeness (QED) is 0.306. The van der Waals surface area contributed by atoms with E-state index in [1.54, 1.807) is 0 Å². The molecule has 3 heterocycles. The van der Waals surface area contributed by atoms with Crippen LogP contribution in [0.3, 0.4) is 0 Å². The van der Waals surface area contributed by atoms with Gasteiger partial charge in [0.2, 0.25) is 15.9 Å². The van der Waals surface area contributed by atoms with Gasteiger partial charge >= 0.3 is 6.09 Å². The third-order valence-electron chi connectivity index (χ3n) is 7.79. The summed E-state index contributed by atoms with van der Waals surface area (Å²) in [6.45, 7) is 0.244. The topological polar surface area (TPSA) is 173 Å². The molecule has 0 saturated carbocycles. The molecule has 2 unspecified atom stereocenters. The summed E-state index contributed by atoms with van der Waals surface area (Å²) in [4.78, 5) is 35.6. The molecule has 3 saturated heterocycles. The summed E-state index contributed by atoms with van der Waals surface area (Å²) in [5.41, 5.74) is 0.877. The second kappa shape index (κ2) is 13.3. The number of carbonyl (C=O) groups excluding carboxylic acids is 2. The third kappa shape index (κ3) is 7.13. The number of nitrogens with one attached hydrogen (secondary N) is 2. The van der Waals surface area contributed by atoms with Crippen molar-refractivity contribution >= 4 is 27.7 Å². The Morgan fingerprint density at radius 3 is 2.60 bits per heavy atom. The summed E-state index contributed by atoms with van der Waals surface area (Å²) in [5.74, 6) is -0.257. The van der Waals surface area contributed by atoms with Crippen molar-refractivity contribution in [2.75, 3.05) is 26.3 Å². The van der Waals surface area contributed by atoms with Gasteiger partial charge in [0.25, 0.3) is 0 Å². The molecule has 0 bridgehead atoms. The number of nitrogens with zero attached hydrogens (tertiary/aromatic N) is 2. The Morgan fingerprint density at radius 2 is 1.90 bits per heavy atom. The zero-order valence-electron chi connectivity index (χ0n) is 22.8. The van der Waals surface area contributed by atoms with Gasteiger partial charge in [-0.05, 0) is 54.3 Å². The van der Waals surface area contributed by atoms with Gasteiger partial charge in [0, 0.05) is 25.6 Å². The average Bonchev–Trinajstić information content (AvgIpc) is 3.72. The number of alkyl carbamates (subject to hydrolysis) is 1. The van der Waals surface area contributed by atoms with E-state index in [4.69, 9.17) is 14.2 Å². The molecule has 42 heavy (non-hydrogen) atoms.